The minimum absolute atomic E-state index is 0.265. The van der Waals surface area contributed by atoms with E-state index in [1.165, 1.54) is 0 Å². The van der Waals surface area contributed by atoms with Gasteiger partial charge >= 0.3 is 0 Å². The summed E-state index contributed by atoms with van der Waals surface area (Å²) in [6.45, 7) is 5.65. The number of aliphatic hydroxyl groups excluding tert-OH is 4. The maximum absolute atomic E-state index is 10.6. The van der Waals surface area contributed by atoms with Gasteiger partial charge in [-0.3, -0.25) is 0 Å². The average Bonchev–Trinajstić information content (AvgIpc) is 2.37. The molecular weight excluding hydrogens is 334 g/mol. The molecule has 4 atom stereocenters. The average molecular weight is 361 g/mol. The zero-order valence-corrected chi connectivity index (χ0v) is 15.9. The first kappa shape index (κ1) is 19.4. The second kappa shape index (κ2) is 7.79. The molecule has 1 aliphatic rings. The van der Waals surface area contributed by atoms with Crippen LogP contribution in [0.25, 0.3) is 0 Å². The normalized spacial score (nSPS) is 42.5. The highest BCUT2D eigenvalue weighted by molar-refractivity contribution is 8.97. The van der Waals surface area contributed by atoms with E-state index in [0.717, 1.165) is 10.4 Å². The third-order valence-electron chi connectivity index (χ3n) is 3.49. The van der Waals surface area contributed by atoms with E-state index in [-0.39, 0.29) is 5.92 Å². The van der Waals surface area contributed by atoms with Gasteiger partial charge in [-0.2, -0.15) is 0 Å². The summed E-state index contributed by atoms with van der Waals surface area (Å²) < 4.78 is 0. The molecule has 1 fully saturated rings. The Kier molecular flexibility index (Phi) is 7.57. The van der Waals surface area contributed by atoms with Gasteiger partial charge in [-0.05, 0) is 25.9 Å². The molecule has 0 amide bonds. The zero-order valence-electron chi connectivity index (χ0n) is 12.4. The SMILES string of the molecule is CC(C)CP1C(O)C(O)[P+](CC(C)C)(SS)C(O)C1O. The van der Waals surface area contributed by atoms with Crippen molar-refractivity contribution in [2.45, 2.75) is 51.1 Å². The van der Waals surface area contributed by atoms with Crippen molar-refractivity contribution in [3.8, 4) is 0 Å². The predicted octanol–water partition coefficient (Wildman–Crippen LogP) is 2.58. The Morgan fingerprint density at radius 2 is 1.45 bits per heavy atom. The van der Waals surface area contributed by atoms with E-state index in [2.05, 4.69) is 11.7 Å². The third-order valence-corrected chi connectivity index (χ3v) is 16.4. The van der Waals surface area contributed by atoms with Crippen LogP contribution in [0.1, 0.15) is 27.7 Å². The molecule has 0 aliphatic carbocycles. The van der Waals surface area contributed by atoms with E-state index in [1.807, 2.05) is 27.7 Å². The molecule has 1 aliphatic heterocycles. The van der Waals surface area contributed by atoms with Crippen molar-refractivity contribution in [2.24, 2.45) is 11.8 Å². The van der Waals surface area contributed by atoms with E-state index in [0.29, 0.717) is 18.2 Å². The largest absolute Gasteiger partial charge is 0.382 e. The number of hydrogen-bond donors (Lipinski definition) is 5. The zero-order chi connectivity index (χ0) is 15.7. The molecule has 8 heteroatoms. The molecule has 0 saturated carbocycles. The van der Waals surface area contributed by atoms with Gasteiger partial charge in [0.25, 0.3) is 0 Å². The van der Waals surface area contributed by atoms with Crippen LogP contribution in [0.15, 0.2) is 0 Å². The molecule has 4 nitrogen and oxygen atoms in total. The smallest absolute Gasteiger partial charge is 0.208 e. The number of rotatable bonds is 5. The molecule has 0 aromatic rings. The van der Waals surface area contributed by atoms with Crippen molar-refractivity contribution in [3.63, 3.8) is 0 Å². The van der Waals surface area contributed by atoms with Crippen LogP contribution in [-0.4, -0.2) is 56.1 Å². The summed E-state index contributed by atoms with van der Waals surface area (Å²) in [5.41, 5.74) is 0. The van der Waals surface area contributed by atoms with E-state index >= 15 is 0 Å². The summed E-state index contributed by atoms with van der Waals surface area (Å²) in [7, 11) is -0.0478. The van der Waals surface area contributed by atoms with Crippen LogP contribution in [0.3, 0.4) is 0 Å². The highest BCUT2D eigenvalue weighted by atomic mass is 33.3. The van der Waals surface area contributed by atoms with Gasteiger partial charge in [-0.25, -0.2) is 0 Å². The van der Waals surface area contributed by atoms with Crippen LogP contribution >= 0.6 is 36.5 Å². The van der Waals surface area contributed by atoms with E-state index < -0.39 is 37.8 Å². The Hall–Kier alpha value is 1.40. The lowest BCUT2D eigenvalue weighted by atomic mass is 10.3. The van der Waals surface area contributed by atoms with Crippen LogP contribution < -0.4 is 0 Å². The molecule has 120 valence electrons. The van der Waals surface area contributed by atoms with Crippen molar-refractivity contribution in [2.75, 3.05) is 12.3 Å². The molecule has 4 unspecified atom stereocenters. The van der Waals surface area contributed by atoms with Crippen molar-refractivity contribution in [1.82, 2.24) is 0 Å². The van der Waals surface area contributed by atoms with Gasteiger partial charge < -0.3 is 20.4 Å². The minimum Gasteiger partial charge on any atom is -0.382 e. The van der Waals surface area contributed by atoms with Crippen molar-refractivity contribution >= 4 is 36.5 Å². The van der Waals surface area contributed by atoms with Crippen molar-refractivity contribution in [3.05, 3.63) is 0 Å². The molecule has 0 spiro atoms. The molecule has 20 heavy (non-hydrogen) atoms. The summed E-state index contributed by atoms with van der Waals surface area (Å²) in [6.07, 6.45) is 1.24. The quantitative estimate of drug-likeness (QED) is 0.295. The van der Waals surface area contributed by atoms with E-state index in [1.54, 1.807) is 0 Å². The fourth-order valence-electron chi connectivity index (χ4n) is 2.66. The number of hydrogen-bond acceptors (Lipinski definition) is 6. The van der Waals surface area contributed by atoms with Crippen LogP contribution in [0, 0.1) is 11.8 Å². The molecule has 4 N–H and O–H groups in total. The van der Waals surface area contributed by atoms with Crippen LogP contribution in [0.2, 0.25) is 0 Å². The Morgan fingerprint density at radius 1 is 1.00 bits per heavy atom. The maximum atomic E-state index is 10.6. The maximum Gasteiger partial charge on any atom is 0.208 e. The van der Waals surface area contributed by atoms with Crippen LogP contribution in [0.5, 0.6) is 0 Å². The van der Waals surface area contributed by atoms with Crippen LogP contribution in [-0.2, 0) is 0 Å². The molecular formula is C12H27O4P2S2+. The second-order valence-electron chi connectivity index (χ2n) is 6.26. The lowest BCUT2D eigenvalue weighted by Crippen LogP contribution is -2.46. The molecule has 1 rings (SSSR count). The van der Waals surface area contributed by atoms with Gasteiger partial charge in [0.2, 0.25) is 11.7 Å². The molecule has 1 heterocycles. The summed E-state index contributed by atoms with van der Waals surface area (Å²) in [5, 5.41) is 42.1. The second-order valence-corrected chi connectivity index (χ2v) is 16.0. The Balaban J connectivity index is 3.07. The topological polar surface area (TPSA) is 80.9 Å². The Morgan fingerprint density at radius 3 is 1.75 bits per heavy atom. The van der Waals surface area contributed by atoms with Crippen LogP contribution in [0.4, 0.5) is 0 Å². The van der Waals surface area contributed by atoms with Gasteiger partial charge in [0.15, 0.2) is 6.46 Å². The lowest BCUT2D eigenvalue weighted by molar-refractivity contribution is 0.0763. The molecule has 1 saturated heterocycles. The van der Waals surface area contributed by atoms with Gasteiger partial charge in [0.05, 0.1) is 16.6 Å². The molecule has 0 radical (unpaired) electrons. The van der Waals surface area contributed by atoms with Gasteiger partial charge in [0.1, 0.15) is 11.7 Å². The summed E-state index contributed by atoms with van der Waals surface area (Å²) in [5.74, 6) is -3.22. The summed E-state index contributed by atoms with van der Waals surface area (Å²) in [4.78, 5) is 0. The number of aliphatic hydroxyl groups is 4. The van der Waals surface area contributed by atoms with E-state index in [9.17, 15) is 20.4 Å². The summed E-state index contributed by atoms with van der Waals surface area (Å²) in [6, 6.07) is 0. The van der Waals surface area contributed by atoms with Crippen molar-refractivity contribution < 1.29 is 20.4 Å². The Labute approximate surface area is 132 Å². The standard InChI is InChI=1S/C12H26O4P2S2/c1-7(2)5-17-9(13)11(15)18(20-19,6-8(3)4)12(16)10(17)14/h7-16H,5-6H2,1-4H3/p+1. The van der Waals surface area contributed by atoms with Gasteiger partial charge in [-0.15, -0.1) is 0 Å². The lowest BCUT2D eigenvalue weighted by Gasteiger charge is -2.46. The fourth-order valence-corrected chi connectivity index (χ4v) is 15.7. The number of thiol groups is 1. The summed E-state index contributed by atoms with van der Waals surface area (Å²) >= 11 is 4.25. The monoisotopic (exact) mass is 361 g/mol. The first-order chi connectivity index (χ1) is 9.17. The van der Waals surface area contributed by atoms with E-state index in [4.69, 9.17) is 0 Å². The third kappa shape index (κ3) is 3.83. The molecule has 0 bridgehead atoms. The predicted molar refractivity (Wildman–Crippen MR) is 93.9 cm³/mol. The first-order valence-corrected chi connectivity index (χ1v) is 13.1. The highest BCUT2D eigenvalue weighted by Crippen LogP contribution is 2.84. The molecule has 0 aromatic heterocycles. The first-order valence-electron chi connectivity index (χ1n) is 6.86. The Bertz CT molecular complexity index is 304. The minimum atomic E-state index is -2.39. The molecule has 0 aromatic carbocycles. The van der Waals surface area contributed by atoms with Gasteiger partial charge in [0, 0.05) is 0 Å². The fraction of sp³-hybridized carbons (Fsp3) is 1.00. The highest BCUT2D eigenvalue weighted by Gasteiger charge is 2.65. The van der Waals surface area contributed by atoms with Crippen molar-refractivity contribution in [1.29, 1.82) is 0 Å². The van der Waals surface area contributed by atoms with Gasteiger partial charge in [-0.1, -0.05) is 39.4 Å².